The number of rotatable bonds is 6. The van der Waals surface area contributed by atoms with E-state index in [-0.39, 0.29) is 18.0 Å². The van der Waals surface area contributed by atoms with Crippen LogP contribution in [0.4, 0.5) is 5.82 Å². The van der Waals surface area contributed by atoms with Gasteiger partial charge in [-0.3, -0.25) is 0 Å². The largest absolute Gasteiger partial charge is 0.486 e. The fourth-order valence-electron chi connectivity index (χ4n) is 3.51. The minimum absolute atomic E-state index is 0.101. The van der Waals surface area contributed by atoms with Gasteiger partial charge in [0.2, 0.25) is 10.0 Å². The highest BCUT2D eigenvalue weighted by molar-refractivity contribution is 7.89. The Morgan fingerprint density at radius 1 is 1.06 bits per heavy atom. The number of sulfonamides is 1. The maximum Gasteiger partial charge on any atom is 0.240 e. The van der Waals surface area contributed by atoms with Crippen molar-refractivity contribution in [2.75, 3.05) is 31.6 Å². The zero-order valence-electron chi connectivity index (χ0n) is 17.2. The molecule has 0 unspecified atom stereocenters. The van der Waals surface area contributed by atoms with Gasteiger partial charge in [-0.15, -0.1) is 0 Å². The van der Waals surface area contributed by atoms with Crippen LogP contribution in [0, 0.1) is 25.2 Å². The third-order valence-corrected chi connectivity index (χ3v) is 6.37. The Hall–Kier alpha value is -3.35. The molecule has 1 aromatic heterocycles. The van der Waals surface area contributed by atoms with Gasteiger partial charge in [0.1, 0.15) is 25.1 Å². The van der Waals surface area contributed by atoms with Gasteiger partial charge in [0.05, 0.1) is 16.0 Å². The Balaban J connectivity index is 1.45. The number of anilines is 1. The minimum atomic E-state index is -3.72. The van der Waals surface area contributed by atoms with E-state index in [0.717, 1.165) is 22.0 Å². The molecule has 2 N–H and O–H groups in total. The highest BCUT2D eigenvalue weighted by atomic mass is 32.2. The van der Waals surface area contributed by atoms with E-state index in [1.165, 1.54) is 12.1 Å². The van der Waals surface area contributed by atoms with Crippen LogP contribution in [0.15, 0.2) is 41.3 Å². The van der Waals surface area contributed by atoms with E-state index >= 15 is 0 Å². The standard InChI is InChI=1S/C22H22N4O4S/c1-14-9-15(2)21-16(10-14)11-17(13-23)22(26-21)24-5-6-25-31(27,28)18-3-4-19-20(12-18)30-8-7-29-19/h3-4,9-12,25H,5-8H2,1-2H3,(H,24,26). The molecule has 4 rings (SSSR count). The van der Waals surface area contributed by atoms with Crippen LogP contribution >= 0.6 is 0 Å². The van der Waals surface area contributed by atoms with Crippen LogP contribution in [0.5, 0.6) is 11.5 Å². The van der Waals surface area contributed by atoms with E-state index in [1.54, 1.807) is 12.1 Å². The average molecular weight is 439 g/mol. The van der Waals surface area contributed by atoms with Gasteiger partial charge in [-0.25, -0.2) is 18.1 Å². The summed E-state index contributed by atoms with van der Waals surface area (Å²) < 4.78 is 38.6. The maximum absolute atomic E-state index is 12.6. The maximum atomic E-state index is 12.6. The van der Waals surface area contributed by atoms with Crippen molar-refractivity contribution in [2.45, 2.75) is 18.7 Å². The summed E-state index contributed by atoms with van der Waals surface area (Å²) in [6.45, 7) is 5.18. The molecule has 31 heavy (non-hydrogen) atoms. The number of pyridine rings is 1. The number of aryl methyl sites for hydroxylation is 2. The molecule has 160 valence electrons. The molecule has 8 nitrogen and oxygen atoms in total. The van der Waals surface area contributed by atoms with Crippen molar-refractivity contribution >= 4 is 26.7 Å². The van der Waals surface area contributed by atoms with Crippen molar-refractivity contribution in [3.63, 3.8) is 0 Å². The number of ether oxygens (including phenoxy) is 2. The molecule has 0 amide bonds. The highest BCUT2D eigenvalue weighted by Crippen LogP contribution is 2.32. The van der Waals surface area contributed by atoms with Crippen LogP contribution in [-0.2, 0) is 10.0 Å². The third-order valence-electron chi connectivity index (χ3n) is 4.91. The van der Waals surface area contributed by atoms with Crippen LogP contribution in [0.3, 0.4) is 0 Å². The summed E-state index contributed by atoms with van der Waals surface area (Å²) in [6, 6.07) is 12.5. The molecule has 2 aromatic carbocycles. The van der Waals surface area contributed by atoms with Crippen molar-refractivity contribution in [1.29, 1.82) is 5.26 Å². The van der Waals surface area contributed by atoms with Crippen molar-refractivity contribution < 1.29 is 17.9 Å². The predicted octanol–water partition coefficient (Wildman–Crippen LogP) is 2.88. The second-order valence-electron chi connectivity index (χ2n) is 7.28. The number of hydrogen-bond acceptors (Lipinski definition) is 7. The predicted molar refractivity (Wildman–Crippen MR) is 117 cm³/mol. The van der Waals surface area contributed by atoms with Crippen molar-refractivity contribution in [2.24, 2.45) is 0 Å². The number of nitriles is 1. The summed E-state index contributed by atoms with van der Waals surface area (Å²) in [7, 11) is -3.72. The van der Waals surface area contributed by atoms with Gasteiger partial charge in [-0.1, -0.05) is 11.6 Å². The molecule has 0 fully saturated rings. The van der Waals surface area contributed by atoms with E-state index in [1.807, 2.05) is 26.0 Å². The quantitative estimate of drug-likeness (QED) is 0.569. The molecule has 0 atom stereocenters. The number of aromatic nitrogens is 1. The number of nitrogens with one attached hydrogen (secondary N) is 2. The molecule has 9 heteroatoms. The van der Waals surface area contributed by atoms with E-state index in [9.17, 15) is 13.7 Å². The molecule has 3 aromatic rings. The summed E-state index contributed by atoms with van der Waals surface area (Å²) in [5.41, 5.74) is 3.34. The van der Waals surface area contributed by atoms with Gasteiger partial charge in [0, 0.05) is 24.5 Å². The zero-order chi connectivity index (χ0) is 22.0. The van der Waals surface area contributed by atoms with Gasteiger partial charge < -0.3 is 14.8 Å². The van der Waals surface area contributed by atoms with E-state index in [4.69, 9.17) is 9.47 Å². The second kappa shape index (κ2) is 8.41. The highest BCUT2D eigenvalue weighted by Gasteiger charge is 2.19. The monoisotopic (exact) mass is 438 g/mol. The van der Waals surface area contributed by atoms with Gasteiger partial charge in [-0.05, 0) is 43.7 Å². The number of hydrogen-bond donors (Lipinski definition) is 2. The summed E-state index contributed by atoms with van der Waals surface area (Å²) in [5, 5.41) is 13.5. The number of benzene rings is 2. The van der Waals surface area contributed by atoms with Crippen LogP contribution in [0.25, 0.3) is 10.9 Å². The van der Waals surface area contributed by atoms with Crippen LogP contribution in [-0.4, -0.2) is 39.7 Å². The van der Waals surface area contributed by atoms with Crippen molar-refractivity contribution in [1.82, 2.24) is 9.71 Å². The summed E-state index contributed by atoms with van der Waals surface area (Å²) >= 11 is 0. The van der Waals surface area contributed by atoms with Crippen LogP contribution in [0.1, 0.15) is 16.7 Å². The minimum Gasteiger partial charge on any atom is -0.486 e. The Labute approximate surface area is 180 Å². The average Bonchev–Trinajstić information content (AvgIpc) is 2.76. The first kappa shape index (κ1) is 20.9. The first-order valence-corrected chi connectivity index (χ1v) is 11.3. The Bertz CT molecular complexity index is 1300. The smallest absolute Gasteiger partial charge is 0.240 e. The summed E-state index contributed by atoms with van der Waals surface area (Å²) in [6.07, 6.45) is 0. The normalized spacial score (nSPS) is 13.1. The Kier molecular flexibility index (Phi) is 5.67. The molecule has 0 bridgehead atoms. The van der Waals surface area contributed by atoms with Crippen LogP contribution in [0.2, 0.25) is 0 Å². The lowest BCUT2D eigenvalue weighted by atomic mass is 10.1. The van der Waals surface area contributed by atoms with Crippen molar-refractivity contribution in [3.05, 3.63) is 53.1 Å². The van der Waals surface area contributed by atoms with Crippen LogP contribution < -0.4 is 19.5 Å². The van der Waals surface area contributed by atoms with Gasteiger partial charge in [0.15, 0.2) is 11.5 Å². The molecule has 2 heterocycles. The fourth-order valence-corrected chi connectivity index (χ4v) is 4.56. The molecule has 0 spiro atoms. The first-order chi connectivity index (χ1) is 14.9. The Morgan fingerprint density at radius 3 is 2.61 bits per heavy atom. The van der Waals surface area contributed by atoms with E-state index in [2.05, 4.69) is 21.1 Å². The first-order valence-electron chi connectivity index (χ1n) is 9.83. The SMILES string of the molecule is Cc1cc(C)c2nc(NCCNS(=O)(=O)c3ccc4c(c3)OCCO4)c(C#N)cc2c1. The zero-order valence-corrected chi connectivity index (χ0v) is 18.0. The van der Waals surface area contributed by atoms with E-state index < -0.39 is 10.0 Å². The fraction of sp³-hybridized carbons (Fsp3) is 0.273. The summed E-state index contributed by atoms with van der Waals surface area (Å²) in [5.74, 6) is 1.38. The Morgan fingerprint density at radius 2 is 1.84 bits per heavy atom. The lowest BCUT2D eigenvalue weighted by Gasteiger charge is -2.19. The molecule has 0 radical (unpaired) electrons. The number of fused-ring (bicyclic) bond motifs is 2. The molecular formula is C22H22N4O4S. The lowest BCUT2D eigenvalue weighted by molar-refractivity contribution is 0.171. The molecule has 1 aliphatic rings. The van der Waals surface area contributed by atoms with E-state index in [0.29, 0.717) is 36.1 Å². The molecule has 0 saturated heterocycles. The topological polar surface area (TPSA) is 113 Å². The van der Waals surface area contributed by atoms with Gasteiger partial charge in [0.25, 0.3) is 0 Å². The van der Waals surface area contributed by atoms with Crippen molar-refractivity contribution in [3.8, 4) is 17.6 Å². The van der Waals surface area contributed by atoms with Gasteiger partial charge >= 0.3 is 0 Å². The van der Waals surface area contributed by atoms with Gasteiger partial charge in [-0.2, -0.15) is 5.26 Å². The molecule has 1 aliphatic heterocycles. The molecular weight excluding hydrogens is 416 g/mol. The number of nitrogens with zero attached hydrogens (tertiary/aromatic N) is 2. The lowest BCUT2D eigenvalue weighted by Crippen LogP contribution is -2.29. The molecule has 0 saturated carbocycles. The third kappa shape index (κ3) is 4.40. The molecule has 0 aliphatic carbocycles. The second-order valence-corrected chi connectivity index (χ2v) is 9.05. The summed E-state index contributed by atoms with van der Waals surface area (Å²) in [4.78, 5) is 4.69.